The highest BCUT2D eigenvalue weighted by molar-refractivity contribution is 6.32. The molecular formula is C24H17ClF4N4O5. The van der Waals surface area contributed by atoms with E-state index in [1.807, 2.05) is 6.92 Å². The first-order chi connectivity index (χ1) is 18.0. The fraction of sp³-hybridized carbons (Fsp3) is 0.167. The van der Waals surface area contributed by atoms with Crippen LogP contribution in [0.2, 0.25) is 5.02 Å². The molecule has 0 saturated heterocycles. The highest BCUT2D eigenvalue weighted by atomic mass is 35.5. The third-order valence-electron chi connectivity index (χ3n) is 5.18. The summed E-state index contributed by atoms with van der Waals surface area (Å²) >= 11 is 5.64. The molecule has 0 saturated carbocycles. The van der Waals surface area contributed by atoms with Crippen LogP contribution < -0.4 is 10.1 Å². The number of ether oxygens (including phenoxy) is 1. The second-order valence-electron chi connectivity index (χ2n) is 7.95. The van der Waals surface area contributed by atoms with Gasteiger partial charge in [-0.25, -0.2) is 17.6 Å². The van der Waals surface area contributed by atoms with E-state index in [1.54, 1.807) is 24.3 Å². The van der Waals surface area contributed by atoms with Crippen LogP contribution in [-0.2, 0) is 6.54 Å². The molecule has 198 valence electrons. The average molecular weight is 553 g/mol. The molecule has 0 fully saturated rings. The van der Waals surface area contributed by atoms with Gasteiger partial charge in [0.15, 0.2) is 5.76 Å². The third kappa shape index (κ3) is 5.94. The first-order valence-corrected chi connectivity index (χ1v) is 11.2. The lowest BCUT2D eigenvalue weighted by Gasteiger charge is -2.09. The van der Waals surface area contributed by atoms with E-state index in [4.69, 9.17) is 20.8 Å². The Morgan fingerprint density at radius 1 is 1.11 bits per heavy atom. The lowest BCUT2D eigenvalue weighted by atomic mass is 10.2. The number of nitrogens with one attached hydrogen (secondary N) is 1. The first kappa shape index (κ1) is 26.7. The van der Waals surface area contributed by atoms with Crippen LogP contribution in [0.3, 0.4) is 0 Å². The molecular weight excluding hydrogens is 536 g/mol. The summed E-state index contributed by atoms with van der Waals surface area (Å²) in [7, 11) is 0. The Hall–Kier alpha value is -4.39. The van der Waals surface area contributed by atoms with Crippen molar-refractivity contribution in [3.63, 3.8) is 0 Å². The Balaban J connectivity index is 1.53. The number of hydrogen-bond acceptors (Lipinski definition) is 6. The van der Waals surface area contributed by atoms with Crippen LogP contribution >= 0.6 is 11.6 Å². The summed E-state index contributed by atoms with van der Waals surface area (Å²) in [5.41, 5.74) is -1.26. The number of carbonyl (C=O) groups is 1. The van der Waals surface area contributed by atoms with E-state index in [0.717, 1.165) is 11.6 Å². The number of furan rings is 1. The van der Waals surface area contributed by atoms with Gasteiger partial charge in [-0.3, -0.25) is 19.6 Å². The van der Waals surface area contributed by atoms with Crippen LogP contribution in [0.25, 0.3) is 0 Å². The van der Waals surface area contributed by atoms with E-state index in [0.29, 0.717) is 10.4 Å². The van der Waals surface area contributed by atoms with E-state index in [9.17, 15) is 32.5 Å². The van der Waals surface area contributed by atoms with Gasteiger partial charge in [-0.1, -0.05) is 29.3 Å². The number of anilines is 1. The van der Waals surface area contributed by atoms with Gasteiger partial charge >= 0.3 is 0 Å². The minimum absolute atomic E-state index is 0.0182. The molecule has 0 aliphatic carbocycles. The zero-order valence-corrected chi connectivity index (χ0v) is 20.1. The Labute approximate surface area is 216 Å². The molecule has 1 N–H and O–H groups in total. The number of nitrogens with zero attached hydrogens (tertiary/aromatic N) is 3. The molecule has 4 rings (SSSR count). The maximum Gasteiger partial charge on any atom is 0.291 e. The monoisotopic (exact) mass is 552 g/mol. The summed E-state index contributed by atoms with van der Waals surface area (Å²) in [5, 5.41) is 16.4. The topological polar surface area (TPSA) is 112 Å². The molecule has 0 aliphatic heterocycles. The van der Waals surface area contributed by atoms with Crippen LogP contribution in [0.4, 0.5) is 28.9 Å². The lowest BCUT2D eigenvalue weighted by Crippen LogP contribution is -2.11. The fourth-order valence-corrected chi connectivity index (χ4v) is 3.73. The summed E-state index contributed by atoms with van der Waals surface area (Å²) in [4.78, 5) is 23.4. The predicted octanol–water partition coefficient (Wildman–Crippen LogP) is 7.31. The van der Waals surface area contributed by atoms with Crippen molar-refractivity contribution >= 4 is 28.9 Å². The number of alkyl halides is 4. The van der Waals surface area contributed by atoms with E-state index >= 15 is 0 Å². The molecule has 0 unspecified atom stereocenters. The molecule has 2 aromatic carbocycles. The highest BCUT2D eigenvalue weighted by Crippen LogP contribution is 2.35. The number of amides is 1. The van der Waals surface area contributed by atoms with E-state index < -0.39 is 46.6 Å². The zero-order chi connectivity index (χ0) is 27.6. The molecule has 1 amide bonds. The van der Waals surface area contributed by atoms with Crippen molar-refractivity contribution in [2.45, 2.75) is 26.3 Å². The van der Waals surface area contributed by atoms with Gasteiger partial charge in [0.2, 0.25) is 0 Å². The summed E-state index contributed by atoms with van der Waals surface area (Å²) < 4.78 is 64.5. The number of nitro groups is 1. The van der Waals surface area contributed by atoms with Crippen LogP contribution in [0.5, 0.6) is 11.5 Å². The number of aryl methyl sites for hydroxylation is 1. The molecule has 2 aromatic heterocycles. The zero-order valence-electron chi connectivity index (χ0n) is 19.3. The summed E-state index contributed by atoms with van der Waals surface area (Å²) in [6.07, 6.45) is -6.36. The number of nitro benzene ring substituents is 1. The van der Waals surface area contributed by atoms with Crippen LogP contribution in [0.15, 0.2) is 59.0 Å². The maximum atomic E-state index is 13.4. The van der Waals surface area contributed by atoms with Crippen molar-refractivity contribution in [2.24, 2.45) is 0 Å². The van der Waals surface area contributed by atoms with Crippen molar-refractivity contribution in [3.05, 3.63) is 98.2 Å². The van der Waals surface area contributed by atoms with Crippen molar-refractivity contribution in [3.8, 4) is 11.5 Å². The number of benzene rings is 2. The molecule has 0 spiro atoms. The Kier molecular flexibility index (Phi) is 7.67. The molecule has 9 nitrogen and oxygen atoms in total. The largest absolute Gasteiger partial charge is 0.457 e. The van der Waals surface area contributed by atoms with E-state index in [2.05, 4.69) is 10.4 Å². The van der Waals surface area contributed by atoms with Crippen LogP contribution in [0.1, 0.15) is 46.1 Å². The Morgan fingerprint density at radius 3 is 2.45 bits per heavy atom. The molecule has 0 aliphatic rings. The van der Waals surface area contributed by atoms with Crippen molar-refractivity contribution in [2.75, 3.05) is 5.32 Å². The summed E-state index contributed by atoms with van der Waals surface area (Å²) in [5.74, 6) is -0.652. The van der Waals surface area contributed by atoms with Crippen molar-refractivity contribution in [1.82, 2.24) is 9.78 Å². The second-order valence-corrected chi connectivity index (χ2v) is 8.33. The number of non-ortho nitro benzene ring substituents is 1. The molecule has 0 bridgehead atoms. The maximum absolute atomic E-state index is 13.4. The van der Waals surface area contributed by atoms with E-state index in [1.165, 1.54) is 24.3 Å². The number of rotatable bonds is 9. The molecule has 14 heteroatoms. The van der Waals surface area contributed by atoms with Gasteiger partial charge < -0.3 is 14.5 Å². The molecule has 4 aromatic rings. The standard InChI is InChI=1S/C24H17ClF4N4O5/c1-12-2-4-15(5-3-12)37-17-9-13(8-14(10-17)33(35)36)30-24(34)18-7-6-16(38-18)11-32-21(23(28)29)19(25)20(31-32)22(26)27/h2-10,22-23H,11H2,1H3,(H,30,34). The fourth-order valence-electron chi connectivity index (χ4n) is 3.43. The SMILES string of the molecule is Cc1ccc(Oc2cc(NC(=O)c3ccc(Cn4nc(C(F)F)c(Cl)c4C(F)F)o3)cc([N+](=O)[O-])c2)cc1. The third-order valence-corrected chi connectivity index (χ3v) is 5.56. The van der Waals surface area contributed by atoms with Crippen molar-refractivity contribution in [1.29, 1.82) is 0 Å². The summed E-state index contributed by atoms with van der Waals surface area (Å²) in [6, 6.07) is 13.1. The van der Waals surface area contributed by atoms with Gasteiger partial charge in [0.25, 0.3) is 24.4 Å². The highest BCUT2D eigenvalue weighted by Gasteiger charge is 2.28. The molecule has 0 radical (unpaired) electrons. The average Bonchev–Trinajstić information content (AvgIpc) is 3.45. The number of hydrogen-bond donors (Lipinski definition) is 1. The van der Waals surface area contributed by atoms with Gasteiger partial charge in [0, 0.05) is 12.1 Å². The van der Waals surface area contributed by atoms with Crippen LogP contribution in [0, 0.1) is 17.0 Å². The van der Waals surface area contributed by atoms with Crippen molar-refractivity contribution < 1.29 is 36.4 Å². The molecule has 0 atom stereocenters. The summed E-state index contributed by atoms with van der Waals surface area (Å²) in [6.45, 7) is 1.37. The predicted molar refractivity (Wildman–Crippen MR) is 127 cm³/mol. The second kappa shape index (κ2) is 10.9. The smallest absolute Gasteiger partial charge is 0.291 e. The van der Waals surface area contributed by atoms with Gasteiger partial charge in [-0.05, 0) is 31.2 Å². The number of halogens is 5. The van der Waals surface area contributed by atoms with Gasteiger partial charge in [0.05, 0.1) is 28.2 Å². The van der Waals surface area contributed by atoms with Gasteiger partial charge in [-0.15, -0.1) is 0 Å². The number of carbonyl (C=O) groups excluding carboxylic acids is 1. The lowest BCUT2D eigenvalue weighted by molar-refractivity contribution is -0.384. The quantitative estimate of drug-likeness (QED) is 0.132. The van der Waals surface area contributed by atoms with Crippen LogP contribution in [-0.4, -0.2) is 20.6 Å². The normalized spacial score (nSPS) is 11.3. The first-order valence-electron chi connectivity index (χ1n) is 10.8. The Bertz CT molecular complexity index is 1490. The van der Waals surface area contributed by atoms with Gasteiger partial charge in [0.1, 0.15) is 28.6 Å². The molecule has 2 heterocycles. The van der Waals surface area contributed by atoms with E-state index in [-0.39, 0.29) is 28.6 Å². The Morgan fingerprint density at radius 2 is 1.82 bits per heavy atom. The van der Waals surface area contributed by atoms with Gasteiger partial charge in [-0.2, -0.15) is 5.10 Å². The number of aromatic nitrogens is 2. The minimum atomic E-state index is -3.19. The minimum Gasteiger partial charge on any atom is -0.457 e. The molecule has 38 heavy (non-hydrogen) atoms.